The number of unbranched alkanes of at least 4 members (excludes halogenated alkanes) is 1. The van der Waals surface area contributed by atoms with E-state index in [4.69, 9.17) is 15.2 Å². The molecule has 4 bridgehead atoms. The first-order valence-electron chi connectivity index (χ1n) is 14.6. The number of primary amides is 1. The molecule has 0 aliphatic heterocycles. The number of hydrogen-bond acceptors (Lipinski definition) is 4. The van der Waals surface area contributed by atoms with Crippen LogP contribution >= 0.6 is 0 Å². The summed E-state index contributed by atoms with van der Waals surface area (Å²) in [5.41, 5.74) is 9.90. The number of benzene rings is 3. The number of nitrogens with two attached hydrogens (primary N) is 1. The lowest BCUT2D eigenvalue weighted by Gasteiger charge is -2.57. The largest absolute Gasteiger partial charge is 0.480 e. The van der Waals surface area contributed by atoms with Crippen LogP contribution in [0.1, 0.15) is 80.6 Å². The van der Waals surface area contributed by atoms with E-state index in [9.17, 15) is 9.59 Å². The van der Waals surface area contributed by atoms with Crippen molar-refractivity contribution < 1.29 is 19.1 Å². The molecule has 0 saturated heterocycles. The second-order valence-corrected chi connectivity index (χ2v) is 12.3. The van der Waals surface area contributed by atoms with Crippen molar-refractivity contribution >= 4 is 22.6 Å². The Balaban J connectivity index is 1.42. The highest BCUT2D eigenvalue weighted by Crippen LogP contribution is 2.62. The summed E-state index contributed by atoms with van der Waals surface area (Å²) in [7, 11) is 1.40. The van der Waals surface area contributed by atoms with Gasteiger partial charge in [0.2, 0.25) is 0 Å². The second-order valence-electron chi connectivity index (χ2n) is 12.3. The van der Waals surface area contributed by atoms with E-state index in [2.05, 4.69) is 37.3 Å². The van der Waals surface area contributed by atoms with Crippen molar-refractivity contribution in [3.63, 3.8) is 0 Å². The van der Waals surface area contributed by atoms with Crippen LogP contribution in [0.25, 0.3) is 21.9 Å². The predicted molar refractivity (Wildman–Crippen MR) is 154 cm³/mol. The Bertz CT molecular complexity index is 1360. The molecule has 204 valence electrons. The van der Waals surface area contributed by atoms with Crippen LogP contribution in [0.4, 0.5) is 0 Å². The fourth-order valence-corrected chi connectivity index (χ4v) is 8.13. The maximum atomic E-state index is 12.4. The van der Waals surface area contributed by atoms with Gasteiger partial charge in [0.1, 0.15) is 5.75 Å². The highest BCUT2D eigenvalue weighted by Gasteiger charge is 2.52. The summed E-state index contributed by atoms with van der Waals surface area (Å²) in [5, 5.41) is 2.26. The topological polar surface area (TPSA) is 78.6 Å². The average Bonchev–Trinajstić information content (AvgIpc) is 2.93. The average molecular weight is 526 g/mol. The Kier molecular flexibility index (Phi) is 6.86. The molecule has 1 unspecified atom stereocenters. The van der Waals surface area contributed by atoms with E-state index in [1.165, 1.54) is 56.6 Å². The number of amides is 1. The molecule has 39 heavy (non-hydrogen) atoms. The third-order valence-electron chi connectivity index (χ3n) is 9.59. The monoisotopic (exact) mass is 525 g/mol. The molecule has 4 aliphatic carbocycles. The van der Waals surface area contributed by atoms with Crippen LogP contribution in [0.5, 0.6) is 5.75 Å². The maximum absolute atomic E-state index is 12.4. The van der Waals surface area contributed by atoms with Crippen LogP contribution in [-0.4, -0.2) is 25.1 Å². The summed E-state index contributed by atoms with van der Waals surface area (Å²) in [6.45, 7) is 2.12. The van der Waals surface area contributed by atoms with Gasteiger partial charge in [-0.2, -0.15) is 0 Å². The number of esters is 1. The van der Waals surface area contributed by atoms with E-state index in [0.717, 1.165) is 52.9 Å². The summed E-state index contributed by atoms with van der Waals surface area (Å²) in [4.78, 5) is 24.3. The molecule has 0 heterocycles. The number of ether oxygens (including phenoxy) is 2. The molecule has 7 rings (SSSR count). The van der Waals surface area contributed by atoms with Crippen molar-refractivity contribution in [1.82, 2.24) is 0 Å². The van der Waals surface area contributed by atoms with E-state index >= 15 is 0 Å². The third kappa shape index (κ3) is 4.92. The minimum Gasteiger partial charge on any atom is -0.480 e. The first kappa shape index (κ1) is 25.9. The molecule has 5 heteroatoms. The Labute approximate surface area is 231 Å². The minimum atomic E-state index is -0.609. The predicted octanol–water partition coefficient (Wildman–Crippen LogP) is 7.18. The molecule has 4 saturated carbocycles. The molecule has 4 aliphatic rings. The standard InChI is InChI=1S/C34H39NO4/c1-3-4-5-30(32(35)36)39-31-17-27-11-10-26(24-6-8-25(9-7-24)33(37)38-2)15-28(27)16-29(31)34-18-21-12-22(19-34)14-23(13-21)20-34/h6-11,15-17,21-23,30H,3-5,12-14,18-20H2,1-2H3,(H2,35,36). The molecule has 4 fully saturated rings. The van der Waals surface area contributed by atoms with Gasteiger partial charge < -0.3 is 15.2 Å². The summed E-state index contributed by atoms with van der Waals surface area (Å²) in [6, 6.07) is 18.5. The SMILES string of the molecule is CCCCC(Oc1cc2ccc(-c3ccc(C(=O)OC)cc3)cc2cc1C12CC3CC(CC(C3)C1)C2)C(N)=O. The van der Waals surface area contributed by atoms with E-state index in [0.29, 0.717) is 12.0 Å². The Hall–Kier alpha value is -3.34. The third-order valence-corrected chi connectivity index (χ3v) is 9.59. The lowest BCUT2D eigenvalue weighted by molar-refractivity contribution is -0.125. The van der Waals surface area contributed by atoms with Crippen molar-refractivity contribution in [3.8, 4) is 16.9 Å². The Morgan fingerprint density at radius 3 is 2.13 bits per heavy atom. The van der Waals surface area contributed by atoms with Crippen molar-refractivity contribution in [3.05, 3.63) is 65.7 Å². The van der Waals surface area contributed by atoms with E-state index in [1.807, 2.05) is 24.3 Å². The molecule has 3 aromatic carbocycles. The molecule has 3 aromatic rings. The lowest BCUT2D eigenvalue weighted by Crippen LogP contribution is -2.48. The van der Waals surface area contributed by atoms with Gasteiger partial charge >= 0.3 is 5.97 Å². The number of hydrogen-bond donors (Lipinski definition) is 1. The van der Waals surface area contributed by atoms with Crippen molar-refractivity contribution in [1.29, 1.82) is 0 Å². The zero-order valence-electron chi connectivity index (χ0n) is 23.1. The highest BCUT2D eigenvalue weighted by molar-refractivity contribution is 5.92. The minimum absolute atomic E-state index is 0.114. The first-order chi connectivity index (χ1) is 18.9. The van der Waals surface area contributed by atoms with Gasteiger partial charge in [-0.3, -0.25) is 4.79 Å². The van der Waals surface area contributed by atoms with E-state index < -0.39 is 6.10 Å². The molecular formula is C34H39NO4. The molecule has 2 N–H and O–H groups in total. The van der Waals surface area contributed by atoms with Crippen molar-refractivity contribution in [2.24, 2.45) is 23.5 Å². The Morgan fingerprint density at radius 2 is 1.54 bits per heavy atom. The molecular weight excluding hydrogens is 486 g/mol. The molecule has 0 aromatic heterocycles. The van der Waals surface area contributed by atoms with Gasteiger partial charge in [0, 0.05) is 5.56 Å². The number of methoxy groups -OCH3 is 1. The maximum Gasteiger partial charge on any atom is 0.337 e. The van der Waals surface area contributed by atoms with Crippen molar-refractivity contribution in [2.45, 2.75) is 76.2 Å². The van der Waals surface area contributed by atoms with Gasteiger partial charge in [-0.05, 0) is 127 Å². The normalized spacial score (nSPS) is 25.9. The van der Waals surface area contributed by atoms with Crippen LogP contribution in [0.3, 0.4) is 0 Å². The number of carbonyl (C=O) groups excluding carboxylic acids is 2. The lowest BCUT2D eigenvalue weighted by atomic mass is 9.48. The van der Waals surface area contributed by atoms with Gasteiger partial charge in [0.05, 0.1) is 12.7 Å². The number of fused-ring (bicyclic) bond motifs is 1. The fourth-order valence-electron chi connectivity index (χ4n) is 8.13. The van der Waals surface area contributed by atoms with Gasteiger partial charge in [-0.1, -0.05) is 37.6 Å². The summed E-state index contributed by atoms with van der Waals surface area (Å²) in [5.74, 6) is 2.52. The smallest absolute Gasteiger partial charge is 0.337 e. The molecule has 0 spiro atoms. The van der Waals surface area contributed by atoms with Crippen LogP contribution in [0, 0.1) is 17.8 Å². The zero-order valence-corrected chi connectivity index (χ0v) is 23.1. The van der Waals surface area contributed by atoms with Crippen LogP contribution in [-0.2, 0) is 14.9 Å². The molecule has 1 amide bonds. The van der Waals surface area contributed by atoms with Gasteiger partial charge in [0.15, 0.2) is 6.10 Å². The zero-order chi connectivity index (χ0) is 27.1. The summed E-state index contributed by atoms with van der Waals surface area (Å²) < 4.78 is 11.4. The molecule has 1 atom stereocenters. The van der Waals surface area contributed by atoms with Gasteiger partial charge in [-0.25, -0.2) is 4.79 Å². The molecule has 0 radical (unpaired) electrons. The quantitative estimate of drug-likeness (QED) is 0.300. The summed E-state index contributed by atoms with van der Waals surface area (Å²) in [6.07, 6.45) is 9.69. The first-order valence-corrected chi connectivity index (χ1v) is 14.6. The number of carbonyl (C=O) groups is 2. The van der Waals surface area contributed by atoms with Crippen LogP contribution in [0.15, 0.2) is 54.6 Å². The van der Waals surface area contributed by atoms with E-state index in [1.54, 1.807) is 0 Å². The molecule has 5 nitrogen and oxygen atoms in total. The second kappa shape index (κ2) is 10.3. The van der Waals surface area contributed by atoms with Crippen molar-refractivity contribution in [2.75, 3.05) is 7.11 Å². The number of rotatable bonds is 9. The van der Waals surface area contributed by atoms with Gasteiger partial charge in [-0.15, -0.1) is 0 Å². The van der Waals surface area contributed by atoms with E-state index in [-0.39, 0.29) is 17.3 Å². The van der Waals surface area contributed by atoms with Crippen LogP contribution in [0.2, 0.25) is 0 Å². The Morgan fingerprint density at radius 1 is 0.897 bits per heavy atom. The summed E-state index contributed by atoms with van der Waals surface area (Å²) >= 11 is 0. The fraction of sp³-hybridized carbons (Fsp3) is 0.471. The van der Waals surface area contributed by atoms with Gasteiger partial charge in [0.25, 0.3) is 5.91 Å². The highest BCUT2D eigenvalue weighted by atomic mass is 16.5. The van der Waals surface area contributed by atoms with Crippen LogP contribution < -0.4 is 10.5 Å².